The molecule has 1 aromatic heterocycles. The van der Waals surface area contributed by atoms with Gasteiger partial charge in [-0.3, -0.25) is 9.69 Å². The van der Waals surface area contributed by atoms with Crippen molar-refractivity contribution in [1.82, 2.24) is 10.1 Å². The number of aryl methyl sites for hydroxylation is 1. The van der Waals surface area contributed by atoms with Crippen molar-refractivity contribution in [3.05, 3.63) is 11.8 Å². The third kappa shape index (κ3) is 4.99. The second-order valence-corrected chi connectivity index (χ2v) is 4.15. The number of nitrogens with zero attached hydrogens (tertiary/aromatic N) is 2. The van der Waals surface area contributed by atoms with Crippen LogP contribution < -0.4 is 5.32 Å². The van der Waals surface area contributed by atoms with E-state index >= 15 is 0 Å². The molecule has 0 saturated heterocycles. The Bertz CT molecular complexity index is 343. The lowest BCUT2D eigenvalue weighted by molar-refractivity contribution is -0.117. The van der Waals surface area contributed by atoms with Crippen LogP contribution in [-0.4, -0.2) is 35.6 Å². The van der Waals surface area contributed by atoms with Gasteiger partial charge in [0.25, 0.3) is 0 Å². The average molecular weight is 239 g/mol. The van der Waals surface area contributed by atoms with Crippen LogP contribution in [0.3, 0.4) is 0 Å². The molecule has 0 aliphatic heterocycles. The Kier molecular flexibility index (Phi) is 5.69. The van der Waals surface area contributed by atoms with E-state index in [2.05, 4.69) is 29.2 Å². The first kappa shape index (κ1) is 13.7. The van der Waals surface area contributed by atoms with Crippen LogP contribution in [0.4, 0.5) is 5.82 Å². The Labute approximate surface area is 102 Å². The maximum atomic E-state index is 11.7. The van der Waals surface area contributed by atoms with Gasteiger partial charge < -0.3 is 9.84 Å². The first-order chi connectivity index (χ1) is 8.15. The van der Waals surface area contributed by atoms with Crippen LogP contribution in [0.2, 0.25) is 0 Å². The summed E-state index contributed by atoms with van der Waals surface area (Å²) in [6.07, 6.45) is 2.10. The number of hydrogen-bond donors (Lipinski definition) is 1. The highest BCUT2D eigenvalue weighted by atomic mass is 16.5. The maximum Gasteiger partial charge on any atom is 0.239 e. The highest BCUT2D eigenvalue weighted by Gasteiger charge is 2.10. The molecule has 96 valence electrons. The number of anilines is 1. The minimum absolute atomic E-state index is 0.0415. The standard InChI is InChI=1S/C12H21N3O2/c1-4-6-15(7-5-2)9-12(16)13-11-8-10(3)17-14-11/h8H,4-7,9H2,1-3H3,(H,13,14,16). The van der Waals surface area contributed by atoms with Gasteiger partial charge in [0.05, 0.1) is 6.54 Å². The first-order valence-corrected chi connectivity index (χ1v) is 6.11. The van der Waals surface area contributed by atoms with E-state index in [0.29, 0.717) is 18.1 Å². The van der Waals surface area contributed by atoms with Crippen molar-refractivity contribution in [2.75, 3.05) is 25.0 Å². The van der Waals surface area contributed by atoms with Crippen molar-refractivity contribution in [3.8, 4) is 0 Å². The summed E-state index contributed by atoms with van der Waals surface area (Å²) in [7, 11) is 0. The molecule has 0 aromatic carbocycles. The minimum atomic E-state index is -0.0415. The van der Waals surface area contributed by atoms with Crippen LogP contribution in [0.25, 0.3) is 0 Å². The van der Waals surface area contributed by atoms with Crippen molar-refractivity contribution in [2.45, 2.75) is 33.6 Å². The molecular formula is C12H21N3O2. The zero-order valence-corrected chi connectivity index (χ0v) is 10.8. The van der Waals surface area contributed by atoms with Gasteiger partial charge in [0.2, 0.25) is 5.91 Å². The van der Waals surface area contributed by atoms with Gasteiger partial charge in [0.15, 0.2) is 5.82 Å². The molecule has 5 heteroatoms. The highest BCUT2D eigenvalue weighted by Crippen LogP contribution is 2.07. The number of aromatic nitrogens is 1. The monoisotopic (exact) mass is 239 g/mol. The second kappa shape index (κ2) is 7.06. The Morgan fingerprint density at radius 1 is 1.41 bits per heavy atom. The van der Waals surface area contributed by atoms with Crippen LogP contribution in [0.1, 0.15) is 32.4 Å². The van der Waals surface area contributed by atoms with E-state index in [1.165, 1.54) is 0 Å². The third-order valence-electron chi connectivity index (χ3n) is 2.34. The predicted molar refractivity (Wildman–Crippen MR) is 66.9 cm³/mol. The SMILES string of the molecule is CCCN(CCC)CC(=O)Nc1cc(C)on1. The van der Waals surface area contributed by atoms with Crippen molar-refractivity contribution in [3.63, 3.8) is 0 Å². The second-order valence-electron chi connectivity index (χ2n) is 4.15. The molecule has 17 heavy (non-hydrogen) atoms. The van der Waals surface area contributed by atoms with E-state index in [0.717, 1.165) is 25.9 Å². The summed E-state index contributed by atoms with van der Waals surface area (Å²) < 4.78 is 4.89. The maximum absolute atomic E-state index is 11.7. The van der Waals surface area contributed by atoms with E-state index in [9.17, 15) is 4.79 Å². The zero-order valence-electron chi connectivity index (χ0n) is 10.8. The first-order valence-electron chi connectivity index (χ1n) is 6.11. The molecule has 0 fully saturated rings. The lowest BCUT2D eigenvalue weighted by atomic mass is 10.3. The molecule has 1 N–H and O–H groups in total. The van der Waals surface area contributed by atoms with Crippen LogP contribution in [0, 0.1) is 6.92 Å². The van der Waals surface area contributed by atoms with Crippen LogP contribution in [0.5, 0.6) is 0 Å². The lowest BCUT2D eigenvalue weighted by Gasteiger charge is -2.19. The molecule has 0 aliphatic rings. The average Bonchev–Trinajstić information content (AvgIpc) is 2.64. The summed E-state index contributed by atoms with van der Waals surface area (Å²) in [4.78, 5) is 13.9. The van der Waals surface area contributed by atoms with E-state index in [1.807, 2.05) is 0 Å². The number of rotatable bonds is 7. The Morgan fingerprint density at radius 2 is 2.06 bits per heavy atom. The fourth-order valence-electron chi connectivity index (χ4n) is 1.71. The van der Waals surface area contributed by atoms with E-state index < -0.39 is 0 Å². The number of hydrogen-bond acceptors (Lipinski definition) is 4. The van der Waals surface area contributed by atoms with Gasteiger partial charge in [0.1, 0.15) is 5.76 Å². The summed E-state index contributed by atoms with van der Waals surface area (Å²) in [5.41, 5.74) is 0. The summed E-state index contributed by atoms with van der Waals surface area (Å²) in [6.45, 7) is 8.32. The van der Waals surface area contributed by atoms with Gasteiger partial charge in [-0.05, 0) is 32.9 Å². The Hall–Kier alpha value is -1.36. The van der Waals surface area contributed by atoms with Gasteiger partial charge in [-0.25, -0.2) is 0 Å². The van der Waals surface area contributed by atoms with Gasteiger partial charge >= 0.3 is 0 Å². The zero-order chi connectivity index (χ0) is 12.7. The molecule has 0 saturated carbocycles. The molecule has 1 rings (SSSR count). The normalized spacial score (nSPS) is 10.8. The van der Waals surface area contributed by atoms with Crippen molar-refractivity contribution < 1.29 is 9.32 Å². The topological polar surface area (TPSA) is 58.4 Å². The molecule has 0 atom stereocenters. The van der Waals surface area contributed by atoms with E-state index in [-0.39, 0.29) is 5.91 Å². The molecule has 0 radical (unpaired) electrons. The van der Waals surface area contributed by atoms with E-state index in [4.69, 9.17) is 4.52 Å². The lowest BCUT2D eigenvalue weighted by Crippen LogP contribution is -2.34. The fraction of sp³-hybridized carbons (Fsp3) is 0.667. The Balaban J connectivity index is 2.41. The van der Waals surface area contributed by atoms with Gasteiger partial charge in [-0.1, -0.05) is 19.0 Å². The molecule has 0 bridgehead atoms. The Morgan fingerprint density at radius 3 is 2.53 bits per heavy atom. The summed E-state index contributed by atoms with van der Waals surface area (Å²) in [5, 5.41) is 6.45. The van der Waals surface area contributed by atoms with Crippen molar-refractivity contribution in [1.29, 1.82) is 0 Å². The summed E-state index contributed by atoms with van der Waals surface area (Å²) in [5.74, 6) is 1.14. The molecule has 1 aromatic rings. The smallest absolute Gasteiger partial charge is 0.239 e. The number of nitrogens with one attached hydrogen (secondary N) is 1. The van der Waals surface area contributed by atoms with Crippen LogP contribution in [-0.2, 0) is 4.79 Å². The van der Waals surface area contributed by atoms with Gasteiger partial charge in [0, 0.05) is 6.07 Å². The molecular weight excluding hydrogens is 218 g/mol. The largest absolute Gasteiger partial charge is 0.360 e. The third-order valence-corrected chi connectivity index (χ3v) is 2.34. The minimum Gasteiger partial charge on any atom is -0.360 e. The van der Waals surface area contributed by atoms with Gasteiger partial charge in [-0.15, -0.1) is 0 Å². The van der Waals surface area contributed by atoms with Crippen molar-refractivity contribution in [2.24, 2.45) is 0 Å². The molecule has 0 aliphatic carbocycles. The molecule has 0 unspecified atom stereocenters. The molecule has 0 spiro atoms. The van der Waals surface area contributed by atoms with Gasteiger partial charge in [-0.2, -0.15) is 0 Å². The highest BCUT2D eigenvalue weighted by molar-refractivity contribution is 5.91. The van der Waals surface area contributed by atoms with E-state index in [1.54, 1.807) is 13.0 Å². The van der Waals surface area contributed by atoms with Crippen LogP contribution >= 0.6 is 0 Å². The summed E-state index contributed by atoms with van der Waals surface area (Å²) >= 11 is 0. The number of amides is 1. The fourth-order valence-corrected chi connectivity index (χ4v) is 1.71. The summed E-state index contributed by atoms with van der Waals surface area (Å²) in [6, 6.07) is 1.71. The number of carbonyl (C=O) groups is 1. The molecule has 1 amide bonds. The van der Waals surface area contributed by atoms with Crippen LogP contribution in [0.15, 0.2) is 10.6 Å². The quantitative estimate of drug-likeness (QED) is 0.791. The molecule has 5 nitrogen and oxygen atoms in total. The van der Waals surface area contributed by atoms with Crippen molar-refractivity contribution >= 4 is 11.7 Å². The molecule has 1 heterocycles. The number of carbonyl (C=O) groups excluding carboxylic acids is 1. The predicted octanol–water partition coefficient (Wildman–Crippen LogP) is 2.04.